The van der Waals surface area contributed by atoms with Crippen LogP contribution in [0.25, 0.3) is 0 Å². The molecule has 0 spiro atoms. The van der Waals surface area contributed by atoms with Crippen molar-refractivity contribution in [2.24, 2.45) is 0 Å². The maximum Gasteiger partial charge on any atom is 0.122 e. The standard InChI is InChI=1S/C15H18N2O/c1-3-11-6-4-5-7-15(11)17-13-8-12(16)9-14(10-13)18-2/h4-10,17H,3,16H2,1-2H3. The molecule has 0 bridgehead atoms. The lowest BCUT2D eigenvalue weighted by atomic mass is 10.1. The zero-order valence-electron chi connectivity index (χ0n) is 10.7. The molecule has 0 aliphatic rings. The van der Waals surface area contributed by atoms with Crippen LogP contribution in [0.3, 0.4) is 0 Å². The Balaban J connectivity index is 2.30. The highest BCUT2D eigenvalue weighted by Gasteiger charge is 2.02. The van der Waals surface area contributed by atoms with Crippen molar-refractivity contribution in [1.29, 1.82) is 0 Å². The number of hydrogen-bond acceptors (Lipinski definition) is 3. The van der Waals surface area contributed by atoms with Gasteiger partial charge in [-0.05, 0) is 24.1 Å². The Morgan fingerprint density at radius 1 is 1.17 bits per heavy atom. The van der Waals surface area contributed by atoms with Gasteiger partial charge in [0.15, 0.2) is 0 Å². The predicted octanol–water partition coefficient (Wildman–Crippen LogP) is 3.58. The van der Waals surface area contributed by atoms with E-state index in [1.165, 1.54) is 5.56 Å². The lowest BCUT2D eigenvalue weighted by molar-refractivity contribution is 0.415. The van der Waals surface area contributed by atoms with Crippen LogP contribution in [0.5, 0.6) is 5.75 Å². The zero-order chi connectivity index (χ0) is 13.0. The quantitative estimate of drug-likeness (QED) is 0.805. The summed E-state index contributed by atoms with van der Waals surface area (Å²) in [6.07, 6.45) is 0.989. The molecule has 0 aliphatic heterocycles. The molecule has 18 heavy (non-hydrogen) atoms. The number of rotatable bonds is 4. The van der Waals surface area contributed by atoms with Crippen LogP contribution in [0.1, 0.15) is 12.5 Å². The number of ether oxygens (including phenoxy) is 1. The minimum atomic E-state index is 0.686. The van der Waals surface area contributed by atoms with Gasteiger partial charge in [-0.3, -0.25) is 0 Å². The molecule has 0 atom stereocenters. The van der Waals surface area contributed by atoms with Gasteiger partial charge in [0, 0.05) is 29.2 Å². The molecule has 0 saturated heterocycles. The molecule has 2 aromatic carbocycles. The minimum absolute atomic E-state index is 0.686. The van der Waals surface area contributed by atoms with Crippen molar-refractivity contribution in [2.45, 2.75) is 13.3 Å². The van der Waals surface area contributed by atoms with Crippen molar-refractivity contribution in [3.63, 3.8) is 0 Å². The Kier molecular flexibility index (Phi) is 3.72. The van der Waals surface area contributed by atoms with E-state index in [4.69, 9.17) is 10.5 Å². The molecule has 94 valence electrons. The van der Waals surface area contributed by atoms with Gasteiger partial charge in [-0.15, -0.1) is 0 Å². The Bertz CT molecular complexity index is 538. The van der Waals surface area contributed by atoms with Crippen LogP contribution in [0.4, 0.5) is 17.1 Å². The lowest BCUT2D eigenvalue weighted by Gasteiger charge is -2.12. The number of benzene rings is 2. The van der Waals surface area contributed by atoms with E-state index in [2.05, 4.69) is 24.4 Å². The van der Waals surface area contributed by atoms with E-state index in [9.17, 15) is 0 Å². The van der Waals surface area contributed by atoms with Crippen LogP contribution in [0.2, 0.25) is 0 Å². The van der Waals surface area contributed by atoms with Crippen LogP contribution in [-0.4, -0.2) is 7.11 Å². The largest absolute Gasteiger partial charge is 0.497 e. The normalized spacial score (nSPS) is 10.1. The molecule has 0 saturated carbocycles. The molecule has 3 heteroatoms. The predicted molar refractivity (Wildman–Crippen MR) is 76.5 cm³/mol. The fourth-order valence-electron chi connectivity index (χ4n) is 1.92. The number of nitrogens with one attached hydrogen (secondary N) is 1. The highest BCUT2D eigenvalue weighted by molar-refractivity contribution is 5.68. The number of hydrogen-bond donors (Lipinski definition) is 2. The molecule has 2 aromatic rings. The third-order valence-electron chi connectivity index (χ3n) is 2.84. The van der Waals surface area contributed by atoms with Crippen LogP contribution in [0.15, 0.2) is 42.5 Å². The van der Waals surface area contributed by atoms with Crippen molar-refractivity contribution in [3.8, 4) is 5.75 Å². The molecule has 0 aromatic heterocycles. The van der Waals surface area contributed by atoms with Crippen molar-refractivity contribution < 1.29 is 4.74 Å². The van der Waals surface area contributed by atoms with Gasteiger partial charge < -0.3 is 15.8 Å². The summed E-state index contributed by atoms with van der Waals surface area (Å²) in [5, 5.41) is 3.38. The average Bonchev–Trinajstić information content (AvgIpc) is 2.38. The number of aryl methyl sites for hydroxylation is 1. The summed E-state index contributed by atoms with van der Waals surface area (Å²) in [7, 11) is 1.64. The molecular formula is C15H18N2O. The van der Waals surface area contributed by atoms with Gasteiger partial charge in [0.1, 0.15) is 5.75 Å². The van der Waals surface area contributed by atoms with Crippen LogP contribution >= 0.6 is 0 Å². The van der Waals surface area contributed by atoms with Crippen molar-refractivity contribution in [2.75, 3.05) is 18.2 Å². The smallest absolute Gasteiger partial charge is 0.122 e. The van der Waals surface area contributed by atoms with Gasteiger partial charge in [0.05, 0.1) is 7.11 Å². The highest BCUT2D eigenvalue weighted by Crippen LogP contribution is 2.26. The fraction of sp³-hybridized carbons (Fsp3) is 0.200. The van der Waals surface area contributed by atoms with E-state index >= 15 is 0 Å². The third-order valence-corrected chi connectivity index (χ3v) is 2.84. The lowest BCUT2D eigenvalue weighted by Crippen LogP contribution is -1.97. The molecule has 0 heterocycles. The summed E-state index contributed by atoms with van der Waals surface area (Å²) in [6.45, 7) is 2.14. The second-order valence-corrected chi connectivity index (χ2v) is 4.13. The maximum atomic E-state index is 5.84. The Labute approximate surface area is 108 Å². The van der Waals surface area contributed by atoms with Crippen molar-refractivity contribution in [1.82, 2.24) is 0 Å². The summed E-state index contributed by atoms with van der Waals surface area (Å²) < 4.78 is 5.21. The Morgan fingerprint density at radius 2 is 1.94 bits per heavy atom. The Morgan fingerprint density at radius 3 is 2.67 bits per heavy atom. The summed E-state index contributed by atoms with van der Waals surface area (Å²) in [5.41, 5.74) is 9.84. The SMILES string of the molecule is CCc1ccccc1Nc1cc(N)cc(OC)c1. The number of anilines is 3. The molecular weight excluding hydrogens is 224 g/mol. The zero-order valence-corrected chi connectivity index (χ0v) is 10.7. The molecule has 0 amide bonds. The van der Waals surface area contributed by atoms with Gasteiger partial charge in [-0.2, -0.15) is 0 Å². The van der Waals surface area contributed by atoms with E-state index in [1.807, 2.05) is 24.3 Å². The third kappa shape index (κ3) is 2.74. The van der Waals surface area contributed by atoms with Gasteiger partial charge in [-0.25, -0.2) is 0 Å². The van der Waals surface area contributed by atoms with Crippen LogP contribution in [-0.2, 0) is 6.42 Å². The van der Waals surface area contributed by atoms with Crippen LogP contribution in [0, 0.1) is 0 Å². The van der Waals surface area contributed by atoms with Gasteiger partial charge in [0.25, 0.3) is 0 Å². The van der Waals surface area contributed by atoms with Crippen molar-refractivity contribution in [3.05, 3.63) is 48.0 Å². The summed E-state index contributed by atoms with van der Waals surface area (Å²) in [5.74, 6) is 0.756. The van der Waals surface area contributed by atoms with Gasteiger partial charge in [0.2, 0.25) is 0 Å². The fourth-order valence-corrected chi connectivity index (χ4v) is 1.92. The summed E-state index contributed by atoms with van der Waals surface area (Å²) in [6, 6.07) is 13.9. The number of nitrogens with two attached hydrogens (primary N) is 1. The van der Waals surface area contributed by atoms with E-state index in [0.29, 0.717) is 5.69 Å². The molecule has 0 radical (unpaired) electrons. The van der Waals surface area contributed by atoms with Crippen LogP contribution < -0.4 is 15.8 Å². The average molecular weight is 242 g/mol. The number of methoxy groups -OCH3 is 1. The van der Waals surface area contributed by atoms with Gasteiger partial charge in [-0.1, -0.05) is 25.1 Å². The number of para-hydroxylation sites is 1. The molecule has 0 aliphatic carbocycles. The molecule has 3 nitrogen and oxygen atoms in total. The first kappa shape index (κ1) is 12.3. The minimum Gasteiger partial charge on any atom is -0.497 e. The van der Waals surface area contributed by atoms with Crippen molar-refractivity contribution >= 4 is 17.1 Å². The highest BCUT2D eigenvalue weighted by atomic mass is 16.5. The first-order valence-electron chi connectivity index (χ1n) is 6.02. The summed E-state index contributed by atoms with van der Waals surface area (Å²) in [4.78, 5) is 0. The molecule has 3 N–H and O–H groups in total. The first-order valence-corrected chi connectivity index (χ1v) is 6.02. The van der Waals surface area contributed by atoms with E-state index in [-0.39, 0.29) is 0 Å². The van der Waals surface area contributed by atoms with E-state index in [1.54, 1.807) is 13.2 Å². The second kappa shape index (κ2) is 5.45. The summed E-state index contributed by atoms with van der Waals surface area (Å²) >= 11 is 0. The van der Waals surface area contributed by atoms with Gasteiger partial charge >= 0.3 is 0 Å². The molecule has 0 unspecified atom stereocenters. The Hall–Kier alpha value is -2.16. The topological polar surface area (TPSA) is 47.3 Å². The maximum absolute atomic E-state index is 5.84. The van der Waals surface area contributed by atoms with E-state index < -0.39 is 0 Å². The monoisotopic (exact) mass is 242 g/mol. The molecule has 2 rings (SSSR count). The second-order valence-electron chi connectivity index (χ2n) is 4.13. The first-order chi connectivity index (χ1) is 8.72. The van der Waals surface area contributed by atoms with E-state index in [0.717, 1.165) is 23.5 Å². The number of nitrogen functional groups attached to an aromatic ring is 1. The molecule has 0 fully saturated rings.